The summed E-state index contributed by atoms with van der Waals surface area (Å²) in [5, 5.41) is 5.91. The molecule has 4 nitrogen and oxygen atoms in total. The maximum Gasteiger partial charge on any atom is 0.234 e. The molecule has 1 amide bonds. The first kappa shape index (κ1) is 15.4. The van der Waals surface area contributed by atoms with Crippen molar-refractivity contribution < 1.29 is 4.79 Å². The Morgan fingerprint density at radius 3 is 3.00 bits per heavy atom. The highest BCUT2D eigenvalue weighted by Gasteiger charge is 2.06. The smallest absolute Gasteiger partial charge is 0.234 e. The Morgan fingerprint density at radius 1 is 1.61 bits per heavy atom. The van der Waals surface area contributed by atoms with Gasteiger partial charge in [0.25, 0.3) is 0 Å². The Kier molecular flexibility index (Phi) is 7.23. The van der Waals surface area contributed by atoms with E-state index in [4.69, 9.17) is 11.6 Å². The van der Waals surface area contributed by atoms with Gasteiger partial charge in [-0.2, -0.15) is 0 Å². The van der Waals surface area contributed by atoms with Crippen molar-refractivity contribution in [2.24, 2.45) is 0 Å². The van der Waals surface area contributed by atoms with Crippen LogP contribution < -0.4 is 5.32 Å². The molecule has 1 heterocycles. The predicted octanol–water partition coefficient (Wildman–Crippen LogP) is 1.88. The molecular formula is C12H20ClN3OS. The monoisotopic (exact) mass is 289 g/mol. The van der Waals surface area contributed by atoms with Gasteiger partial charge in [0.05, 0.1) is 23.1 Å². The van der Waals surface area contributed by atoms with Crippen LogP contribution in [-0.2, 0) is 17.1 Å². The van der Waals surface area contributed by atoms with Crippen molar-refractivity contribution in [2.45, 2.75) is 25.6 Å². The van der Waals surface area contributed by atoms with Crippen LogP contribution in [0.5, 0.6) is 0 Å². The number of rotatable bonds is 8. The molecule has 1 aromatic heterocycles. The lowest BCUT2D eigenvalue weighted by atomic mass is 10.3. The molecule has 0 spiro atoms. The number of carbonyl (C=O) groups excluding carboxylic acids is 1. The van der Waals surface area contributed by atoms with Crippen LogP contribution in [0.2, 0.25) is 0 Å². The summed E-state index contributed by atoms with van der Waals surface area (Å²) in [5.41, 5.74) is 0.951. The minimum Gasteiger partial charge on any atom is -0.355 e. The fourth-order valence-corrected chi connectivity index (χ4v) is 2.67. The van der Waals surface area contributed by atoms with E-state index in [-0.39, 0.29) is 5.91 Å². The summed E-state index contributed by atoms with van der Waals surface area (Å²) in [6.07, 6.45) is 1.95. The molecule has 0 aromatic carbocycles. The minimum atomic E-state index is 0.0821. The molecule has 0 radical (unpaired) electrons. The first-order valence-electron chi connectivity index (χ1n) is 6.10. The van der Waals surface area contributed by atoms with E-state index in [9.17, 15) is 4.79 Å². The minimum absolute atomic E-state index is 0.0821. The standard InChI is InChI=1S/C12H20ClN3OS/c1-3-14-11(17)8-16(2)6-4-5-12-15-10(7-13)9-18-12/h9H,3-8H2,1-2H3,(H,14,17). The van der Waals surface area contributed by atoms with Crippen LogP contribution in [0.4, 0.5) is 0 Å². The van der Waals surface area contributed by atoms with Gasteiger partial charge in [-0.15, -0.1) is 22.9 Å². The van der Waals surface area contributed by atoms with Gasteiger partial charge in [-0.1, -0.05) is 0 Å². The normalized spacial score (nSPS) is 10.9. The van der Waals surface area contributed by atoms with Crippen LogP contribution in [0.25, 0.3) is 0 Å². The summed E-state index contributed by atoms with van der Waals surface area (Å²) in [7, 11) is 1.96. The second-order valence-electron chi connectivity index (χ2n) is 4.16. The summed E-state index contributed by atoms with van der Waals surface area (Å²) in [6, 6.07) is 0. The van der Waals surface area contributed by atoms with Gasteiger partial charge in [0.15, 0.2) is 0 Å². The van der Waals surface area contributed by atoms with Gasteiger partial charge >= 0.3 is 0 Å². The first-order valence-corrected chi connectivity index (χ1v) is 7.51. The van der Waals surface area contributed by atoms with Gasteiger partial charge in [-0.25, -0.2) is 4.98 Å². The largest absolute Gasteiger partial charge is 0.355 e. The summed E-state index contributed by atoms with van der Waals surface area (Å²) < 4.78 is 0. The van der Waals surface area contributed by atoms with E-state index >= 15 is 0 Å². The molecule has 0 fully saturated rings. The quantitative estimate of drug-likeness (QED) is 0.743. The highest BCUT2D eigenvalue weighted by Crippen LogP contribution is 2.13. The van der Waals surface area contributed by atoms with E-state index < -0.39 is 0 Å². The van der Waals surface area contributed by atoms with Crippen molar-refractivity contribution in [3.8, 4) is 0 Å². The topological polar surface area (TPSA) is 45.2 Å². The van der Waals surface area contributed by atoms with Gasteiger partial charge < -0.3 is 5.32 Å². The third-order valence-corrected chi connectivity index (χ3v) is 3.69. The average Bonchev–Trinajstić information content (AvgIpc) is 2.77. The SMILES string of the molecule is CCNC(=O)CN(C)CCCc1nc(CCl)cs1. The van der Waals surface area contributed by atoms with Gasteiger partial charge in [-0.3, -0.25) is 9.69 Å². The molecule has 102 valence electrons. The number of likely N-dealkylation sites (N-methyl/N-ethyl adjacent to an activating group) is 2. The number of aryl methyl sites for hydroxylation is 1. The number of carbonyl (C=O) groups is 1. The van der Waals surface area contributed by atoms with Crippen molar-refractivity contribution in [3.63, 3.8) is 0 Å². The Bertz CT molecular complexity index is 370. The van der Waals surface area contributed by atoms with Gasteiger partial charge in [0.1, 0.15) is 0 Å². The Morgan fingerprint density at radius 2 is 2.39 bits per heavy atom. The second-order valence-corrected chi connectivity index (χ2v) is 5.37. The highest BCUT2D eigenvalue weighted by atomic mass is 35.5. The number of thiazole rings is 1. The zero-order valence-electron chi connectivity index (χ0n) is 10.9. The molecule has 18 heavy (non-hydrogen) atoms. The van der Waals surface area contributed by atoms with Crippen molar-refractivity contribution in [3.05, 3.63) is 16.1 Å². The summed E-state index contributed by atoms with van der Waals surface area (Å²) in [5.74, 6) is 0.562. The molecule has 0 aliphatic carbocycles. The molecule has 0 bridgehead atoms. The van der Waals surface area contributed by atoms with E-state index in [1.807, 2.05) is 24.3 Å². The lowest BCUT2D eigenvalue weighted by Gasteiger charge is -2.15. The van der Waals surface area contributed by atoms with Crippen molar-refractivity contribution in [1.29, 1.82) is 0 Å². The third-order valence-electron chi connectivity index (χ3n) is 2.45. The number of halogens is 1. The van der Waals surface area contributed by atoms with Crippen LogP contribution in [0.15, 0.2) is 5.38 Å². The zero-order valence-corrected chi connectivity index (χ0v) is 12.5. The predicted molar refractivity (Wildman–Crippen MR) is 76.2 cm³/mol. The number of amides is 1. The number of hydrogen-bond donors (Lipinski definition) is 1. The van der Waals surface area contributed by atoms with Crippen molar-refractivity contribution in [2.75, 3.05) is 26.7 Å². The summed E-state index contributed by atoms with van der Waals surface area (Å²) >= 11 is 7.36. The maximum atomic E-state index is 11.4. The molecule has 0 saturated heterocycles. The molecule has 1 rings (SSSR count). The number of alkyl halides is 1. The number of hydrogen-bond acceptors (Lipinski definition) is 4. The van der Waals surface area contributed by atoms with Crippen LogP contribution in [0.1, 0.15) is 24.0 Å². The lowest BCUT2D eigenvalue weighted by molar-refractivity contribution is -0.121. The molecule has 0 saturated carbocycles. The maximum absolute atomic E-state index is 11.4. The average molecular weight is 290 g/mol. The lowest BCUT2D eigenvalue weighted by Crippen LogP contribution is -2.35. The number of aromatic nitrogens is 1. The molecule has 0 atom stereocenters. The van der Waals surface area contributed by atoms with Gasteiger partial charge in [0.2, 0.25) is 5.91 Å². The highest BCUT2D eigenvalue weighted by molar-refractivity contribution is 7.09. The van der Waals surface area contributed by atoms with Crippen LogP contribution in [0.3, 0.4) is 0 Å². The molecule has 1 aromatic rings. The Labute approximate surface area is 117 Å². The fourth-order valence-electron chi connectivity index (χ4n) is 1.60. The van der Waals surface area contributed by atoms with Crippen molar-refractivity contribution >= 4 is 28.8 Å². The second kappa shape index (κ2) is 8.45. The van der Waals surface area contributed by atoms with Crippen LogP contribution in [-0.4, -0.2) is 42.5 Å². The van der Waals surface area contributed by atoms with E-state index in [2.05, 4.69) is 10.3 Å². The van der Waals surface area contributed by atoms with Crippen molar-refractivity contribution in [1.82, 2.24) is 15.2 Å². The van der Waals surface area contributed by atoms with E-state index in [0.717, 1.165) is 30.1 Å². The first-order chi connectivity index (χ1) is 8.65. The number of nitrogens with one attached hydrogen (secondary N) is 1. The van der Waals surface area contributed by atoms with Crippen LogP contribution in [0, 0.1) is 0 Å². The van der Waals surface area contributed by atoms with Gasteiger partial charge in [0, 0.05) is 18.3 Å². The molecule has 0 aliphatic rings. The number of nitrogens with zero attached hydrogens (tertiary/aromatic N) is 2. The van der Waals surface area contributed by atoms with E-state index in [0.29, 0.717) is 19.0 Å². The third kappa shape index (κ3) is 5.80. The fraction of sp³-hybridized carbons (Fsp3) is 0.667. The van der Waals surface area contributed by atoms with Gasteiger partial charge in [-0.05, 0) is 26.9 Å². The summed E-state index contributed by atoms with van der Waals surface area (Å²) in [6.45, 7) is 3.97. The zero-order chi connectivity index (χ0) is 13.4. The molecule has 0 unspecified atom stereocenters. The van der Waals surface area contributed by atoms with E-state index in [1.165, 1.54) is 0 Å². The molecule has 0 aliphatic heterocycles. The molecule has 1 N–H and O–H groups in total. The molecular weight excluding hydrogens is 270 g/mol. The van der Waals surface area contributed by atoms with E-state index in [1.54, 1.807) is 11.3 Å². The van der Waals surface area contributed by atoms with Crippen LogP contribution >= 0.6 is 22.9 Å². The summed E-state index contributed by atoms with van der Waals surface area (Å²) in [4.78, 5) is 17.8. The Balaban J connectivity index is 2.18. The Hall–Kier alpha value is -0.650. The molecule has 6 heteroatoms.